The molecular weight excluding hydrogens is 283 g/mol. The van der Waals surface area contributed by atoms with Crippen LogP contribution >= 0.6 is 11.3 Å². The van der Waals surface area contributed by atoms with E-state index in [1.807, 2.05) is 0 Å². The van der Waals surface area contributed by atoms with Crippen molar-refractivity contribution >= 4 is 17.2 Å². The largest absolute Gasteiger partial charge is 0.435 e. The standard InChI is InChI=1S/C10H8F3N3O2S/c1-16-5(4-8(14-16)10(11,12)13)6-2-3-7(19-6)9(17)15-18/h2-4,18H,1H3,(H,15,17). The molecule has 2 rings (SSSR count). The van der Waals surface area contributed by atoms with Crippen LogP contribution in [0, 0.1) is 0 Å². The van der Waals surface area contributed by atoms with E-state index in [2.05, 4.69) is 5.10 Å². The van der Waals surface area contributed by atoms with E-state index in [0.717, 1.165) is 22.1 Å². The molecule has 1 amide bonds. The Hall–Kier alpha value is -1.87. The van der Waals surface area contributed by atoms with Crippen molar-refractivity contribution in [2.45, 2.75) is 6.18 Å². The number of hydrogen-bond acceptors (Lipinski definition) is 4. The van der Waals surface area contributed by atoms with Gasteiger partial charge >= 0.3 is 6.18 Å². The smallest absolute Gasteiger partial charge is 0.288 e. The Bertz CT molecular complexity index is 618. The Kier molecular flexibility index (Phi) is 3.33. The number of aromatic nitrogens is 2. The molecule has 9 heteroatoms. The maximum atomic E-state index is 12.5. The molecular formula is C10H8F3N3O2S. The summed E-state index contributed by atoms with van der Waals surface area (Å²) >= 11 is 0.957. The number of nitrogens with one attached hydrogen (secondary N) is 1. The first kappa shape index (κ1) is 13.6. The number of nitrogens with zero attached hydrogens (tertiary/aromatic N) is 2. The summed E-state index contributed by atoms with van der Waals surface area (Å²) in [4.78, 5) is 11.8. The minimum atomic E-state index is -4.52. The Morgan fingerprint density at radius 2 is 2.16 bits per heavy atom. The number of carbonyl (C=O) groups is 1. The number of hydroxylamine groups is 1. The fourth-order valence-corrected chi connectivity index (χ4v) is 2.43. The third-order valence-corrected chi connectivity index (χ3v) is 3.46. The van der Waals surface area contributed by atoms with Crippen molar-refractivity contribution in [2.24, 2.45) is 7.05 Å². The summed E-state index contributed by atoms with van der Waals surface area (Å²) in [5.41, 5.74) is 0.710. The summed E-state index contributed by atoms with van der Waals surface area (Å²) in [6.07, 6.45) is -4.52. The van der Waals surface area contributed by atoms with Crippen molar-refractivity contribution in [1.82, 2.24) is 15.3 Å². The van der Waals surface area contributed by atoms with Crippen LogP contribution in [0.1, 0.15) is 15.4 Å². The van der Waals surface area contributed by atoms with Crippen molar-refractivity contribution in [1.29, 1.82) is 0 Å². The fraction of sp³-hybridized carbons (Fsp3) is 0.200. The number of halogens is 3. The molecule has 0 fully saturated rings. The zero-order valence-corrected chi connectivity index (χ0v) is 10.3. The first-order valence-electron chi connectivity index (χ1n) is 4.99. The second kappa shape index (κ2) is 4.67. The molecule has 0 spiro atoms. The molecule has 0 aromatic carbocycles. The van der Waals surface area contributed by atoms with Crippen molar-refractivity contribution in [2.75, 3.05) is 0 Å². The Balaban J connectivity index is 2.40. The maximum absolute atomic E-state index is 12.5. The third-order valence-electron chi connectivity index (χ3n) is 2.35. The van der Waals surface area contributed by atoms with Gasteiger partial charge in [-0.05, 0) is 18.2 Å². The van der Waals surface area contributed by atoms with E-state index < -0.39 is 17.8 Å². The van der Waals surface area contributed by atoms with E-state index in [0.29, 0.717) is 4.88 Å². The number of rotatable bonds is 2. The number of alkyl halides is 3. The number of hydrogen-bond donors (Lipinski definition) is 2. The molecule has 2 aromatic rings. The van der Waals surface area contributed by atoms with E-state index in [1.165, 1.54) is 24.7 Å². The minimum absolute atomic E-state index is 0.187. The predicted octanol–water partition coefficient (Wildman–Crippen LogP) is 2.29. The second-order valence-electron chi connectivity index (χ2n) is 3.64. The van der Waals surface area contributed by atoms with Crippen LogP contribution in [0.4, 0.5) is 13.2 Å². The van der Waals surface area contributed by atoms with Crippen molar-refractivity contribution in [3.8, 4) is 10.6 Å². The van der Waals surface area contributed by atoms with Crippen LogP contribution in [-0.2, 0) is 13.2 Å². The average molecular weight is 291 g/mol. The Morgan fingerprint density at radius 1 is 1.47 bits per heavy atom. The first-order valence-corrected chi connectivity index (χ1v) is 5.80. The highest BCUT2D eigenvalue weighted by molar-refractivity contribution is 7.17. The quantitative estimate of drug-likeness (QED) is 0.659. The van der Waals surface area contributed by atoms with Crippen LogP contribution in [0.15, 0.2) is 18.2 Å². The Morgan fingerprint density at radius 3 is 2.68 bits per heavy atom. The van der Waals surface area contributed by atoms with Gasteiger partial charge in [0.2, 0.25) is 0 Å². The lowest BCUT2D eigenvalue weighted by atomic mass is 10.3. The number of aryl methyl sites for hydroxylation is 1. The second-order valence-corrected chi connectivity index (χ2v) is 4.72. The maximum Gasteiger partial charge on any atom is 0.435 e. The van der Waals surface area contributed by atoms with Gasteiger partial charge in [-0.3, -0.25) is 14.7 Å². The van der Waals surface area contributed by atoms with Gasteiger partial charge in [0.15, 0.2) is 5.69 Å². The molecule has 0 bridgehead atoms. The molecule has 0 aliphatic heterocycles. The lowest BCUT2D eigenvalue weighted by Crippen LogP contribution is -2.16. The molecule has 0 aliphatic rings. The number of thiophene rings is 1. The first-order chi connectivity index (χ1) is 8.82. The predicted molar refractivity (Wildman–Crippen MR) is 60.8 cm³/mol. The highest BCUT2D eigenvalue weighted by Gasteiger charge is 2.34. The van der Waals surface area contributed by atoms with Crippen LogP contribution in [0.5, 0.6) is 0 Å². The molecule has 0 saturated carbocycles. The van der Waals surface area contributed by atoms with Gasteiger partial charge in [0.25, 0.3) is 5.91 Å². The molecule has 0 saturated heterocycles. The van der Waals surface area contributed by atoms with Gasteiger partial charge in [0.1, 0.15) is 0 Å². The summed E-state index contributed by atoms with van der Waals surface area (Å²) in [6.45, 7) is 0. The molecule has 0 radical (unpaired) electrons. The molecule has 0 aliphatic carbocycles. The topological polar surface area (TPSA) is 67.2 Å². The minimum Gasteiger partial charge on any atom is -0.288 e. The molecule has 2 heterocycles. The molecule has 19 heavy (non-hydrogen) atoms. The average Bonchev–Trinajstić information content (AvgIpc) is 2.93. The molecule has 0 atom stereocenters. The fourth-order valence-electron chi connectivity index (χ4n) is 1.49. The number of amides is 1. The van der Waals surface area contributed by atoms with Crippen LogP contribution in [0.2, 0.25) is 0 Å². The molecule has 102 valence electrons. The molecule has 0 unspecified atom stereocenters. The monoisotopic (exact) mass is 291 g/mol. The van der Waals surface area contributed by atoms with Gasteiger partial charge in [-0.1, -0.05) is 0 Å². The van der Waals surface area contributed by atoms with Crippen LogP contribution < -0.4 is 5.48 Å². The number of carbonyl (C=O) groups excluding carboxylic acids is 1. The summed E-state index contributed by atoms with van der Waals surface area (Å²) in [6, 6.07) is 3.81. The van der Waals surface area contributed by atoms with Gasteiger partial charge < -0.3 is 0 Å². The van der Waals surface area contributed by atoms with E-state index >= 15 is 0 Å². The van der Waals surface area contributed by atoms with Gasteiger partial charge in [0, 0.05) is 7.05 Å². The normalized spacial score (nSPS) is 11.6. The molecule has 2 N–H and O–H groups in total. The molecule has 5 nitrogen and oxygen atoms in total. The zero-order chi connectivity index (χ0) is 14.2. The summed E-state index contributed by atoms with van der Waals surface area (Å²) in [5.74, 6) is -0.713. The third kappa shape index (κ3) is 2.61. The van der Waals surface area contributed by atoms with E-state index in [-0.39, 0.29) is 10.6 Å². The van der Waals surface area contributed by atoms with E-state index in [4.69, 9.17) is 5.21 Å². The van der Waals surface area contributed by atoms with Crippen LogP contribution in [0.25, 0.3) is 10.6 Å². The zero-order valence-electron chi connectivity index (χ0n) is 9.52. The van der Waals surface area contributed by atoms with Gasteiger partial charge in [-0.25, -0.2) is 5.48 Å². The van der Waals surface area contributed by atoms with E-state index in [9.17, 15) is 18.0 Å². The van der Waals surface area contributed by atoms with Gasteiger partial charge in [0.05, 0.1) is 15.4 Å². The van der Waals surface area contributed by atoms with Crippen molar-refractivity contribution in [3.63, 3.8) is 0 Å². The summed E-state index contributed by atoms with van der Waals surface area (Å²) in [7, 11) is 1.39. The van der Waals surface area contributed by atoms with Crippen LogP contribution in [-0.4, -0.2) is 20.9 Å². The van der Waals surface area contributed by atoms with Crippen molar-refractivity contribution in [3.05, 3.63) is 28.8 Å². The highest BCUT2D eigenvalue weighted by atomic mass is 32.1. The lowest BCUT2D eigenvalue weighted by Gasteiger charge is -1.98. The summed E-state index contributed by atoms with van der Waals surface area (Å²) < 4.78 is 38.6. The van der Waals surface area contributed by atoms with Crippen molar-refractivity contribution < 1.29 is 23.2 Å². The van der Waals surface area contributed by atoms with Crippen LogP contribution in [0.3, 0.4) is 0 Å². The SMILES string of the molecule is Cn1nc(C(F)(F)F)cc1-c1ccc(C(=O)NO)s1. The summed E-state index contributed by atoms with van der Waals surface area (Å²) in [5, 5.41) is 11.9. The molecule has 2 aromatic heterocycles. The lowest BCUT2D eigenvalue weighted by molar-refractivity contribution is -0.141. The highest BCUT2D eigenvalue weighted by Crippen LogP contribution is 2.33. The van der Waals surface area contributed by atoms with Gasteiger partial charge in [-0.2, -0.15) is 18.3 Å². The Labute approximate surface area is 109 Å². The van der Waals surface area contributed by atoms with E-state index in [1.54, 1.807) is 0 Å². The van der Waals surface area contributed by atoms with Gasteiger partial charge in [-0.15, -0.1) is 11.3 Å².